The zero-order valence-corrected chi connectivity index (χ0v) is 15.0. The summed E-state index contributed by atoms with van der Waals surface area (Å²) in [6.07, 6.45) is 0. The molecule has 0 saturated carbocycles. The van der Waals surface area contributed by atoms with Gasteiger partial charge in [0.15, 0.2) is 9.84 Å². The van der Waals surface area contributed by atoms with Gasteiger partial charge in [0.05, 0.1) is 10.5 Å². The van der Waals surface area contributed by atoms with Crippen LogP contribution in [0.3, 0.4) is 0 Å². The summed E-state index contributed by atoms with van der Waals surface area (Å²) in [7, 11) is -3.20. The maximum absolute atomic E-state index is 12.2. The summed E-state index contributed by atoms with van der Waals surface area (Å²) in [4.78, 5) is 12.2. The van der Waals surface area contributed by atoms with Crippen LogP contribution in [0.4, 0.5) is 5.69 Å². The first-order valence-electron chi connectivity index (χ1n) is 7.93. The molecule has 1 aliphatic rings. The Labute approximate surface area is 138 Å². The van der Waals surface area contributed by atoms with Crippen molar-refractivity contribution in [3.05, 3.63) is 29.8 Å². The van der Waals surface area contributed by atoms with E-state index < -0.39 is 14.6 Å². The van der Waals surface area contributed by atoms with Crippen molar-refractivity contribution in [2.45, 2.75) is 38.2 Å². The van der Waals surface area contributed by atoms with Gasteiger partial charge in [0.25, 0.3) is 0 Å². The number of hydrogen-bond donors (Lipinski definition) is 2. The number of sulfone groups is 1. The molecule has 1 aliphatic heterocycles. The van der Waals surface area contributed by atoms with Gasteiger partial charge in [0, 0.05) is 11.6 Å². The lowest BCUT2D eigenvalue weighted by atomic mass is 9.88. The maximum Gasteiger partial charge on any atom is 0.227 e. The molecule has 0 aromatic heterocycles. The second kappa shape index (κ2) is 6.61. The highest BCUT2D eigenvalue weighted by molar-refractivity contribution is 7.91. The van der Waals surface area contributed by atoms with Crippen LogP contribution in [0.25, 0.3) is 0 Å². The smallest absolute Gasteiger partial charge is 0.227 e. The zero-order valence-electron chi connectivity index (χ0n) is 14.2. The molecule has 23 heavy (non-hydrogen) atoms. The van der Waals surface area contributed by atoms with Crippen LogP contribution in [0.5, 0.6) is 0 Å². The number of hydrogen-bond acceptors (Lipinski definition) is 4. The van der Waals surface area contributed by atoms with Crippen LogP contribution in [0, 0.1) is 11.8 Å². The highest BCUT2D eigenvalue weighted by atomic mass is 32.2. The van der Waals surface area contributed by atoms with Gasteiger partial charge in [-0.3, -0.25) is 4.79 Å². The monoisotopic (exact) mass is 338 g/mol. The van der Waals surface area contributed by atoms with E-state index in [0.717, 1.165) is 18.7 Å². The molecule has 1 saturated heterocycles. The molecule has 5 nitrogen and oxygen atoms in total. The molecule has 2 N–H and O–H groups in total. The molecule has 1 aromatic rings. The Morgan fingerprint density at radius 3 is 2.26 bits per heavy atom. The summed E-state index contributed by atoms with van der Waals surface area (Å²) in [6.45, 7) is 8.82. The molecule has 0 spiro atoms. The number of benzene rings is 1. The lowest BCUT2D eigenvalue weighted by Gasteiger charge is -2.31. The van der Waals surface area contributed by atoms with Crippen LogP contribution in [-0.2, 0) is 20.4 Å². The predicted octanol–water partition coefficient (Wildman–Crippen LogP) is 2.19. The Bertz CT molecular complexity index is 656. The molecule has 1 fully saturated rings. The van der Waals surface area contributed by atoms with Gasteiger partial charge in [-0.1, -0.05) is 19.1 Å². The van der Waals surface area contributed by atoms with E-state index in [-0.39, 0.29) is 17.6 Å². The van der Waals surface area contributed by atoms with Crippen molar-refractivity contribution in [3.63, 3.8) is 0 Å². The summed E-state index contributed by atoms with van der Waals surface area (Å²) in [5.74, 6) is 0.379. The fourth-order valence-electron chi connectivity index (χ4n) is 2.25. The number of carbonyl (C=O) groups excluding carboxylic acids is 1. The van der Waals surface area contributed by atoms with Crippen molar-refractivity contribution in [1.29, 1.82) is 0 Å². The van der Waals surface area contributed by atoms with Crippen LogP contribution in [0.2, 0.25) is 0 Å². The molecule has 1 aromatic carbocycles. The quantitative estimate of drug-likeness (QED) is 0.863. The summed E-state index contributed by atoms with van der Waals surface area (Å²) in [5.41, 5.74) is 1.43. The minimum atomic E-state index is -3.20. The Balaban J connectivity index is 1.98. The Hall–Kier alpha value is -1.40. The second-order valence-corrected chi connectivity index (χ2v) is 10.0. The van der Waals surface area contributed by atoms with Gasteiger partial charge in [0.2, 0.25) is 5.91 Å². The van der Waals surface area contributed by atoms with Crippen LogP contribution in [0.15, 0.2) is 24.3 Å². The number of nitrogens with one attached hydrogen (secondary N) is 2. The van der Waals surface area contributed by atoms with E-state index in [1.54, 1.807) is 45.0 Å². The van der Waals surface area contributed by atoms with E-state index >= 15 is 0 Å². The molecule has 1 amide bonds. The topological polar surface area (TPSA) is 75.3 Å². The fraction of sp³-hybridized carbons (Fsp3) is 0.588. The van der Waals surface area contributed by atoms with Crippen molar-refractivity contribution >= 4 is 21.4 Å². The first kappa shape index (κ1) is 17.9. The number of amides is 1. The van der Waals surface area contributed by atoms with Gasteiger partial charge < -0.3 is 10.6 Å². The summed E-state index contributed by atoms with van der Waals surface area (Å²) >= 11 is 0. The molecule has 2 rings (SSSR count). The van der Waals surface area contributed by atoms with E-state index in [4.69, 9.17) is 0 Å². The SMILES string of the molecule is CC(C(=O)Nc1ccc(CS(=O)(=O)C(C)(C)C)cc1)C1CNC1. The number of anilines is 1. The molecule has 0 aliphatic carbocycles. The van der Waals surface area contributed by atoms with Crippen LogP contribution >= 0.6 is 0 Å². The molecule has 6 heteroatoms. The van der Waals surface area contributed by atoms with Gasteiger partial charge in [-0.15, -0.1) is 0 Å². The zero-order chi connectivity index (χ0) is 17.3. The van der Waals surface area contributed by atoms with E-state index in [0.29, 0.717) is 11.6 Å². The van der Waals surface area contributed by atoms with Crippen LogP contribution in [-0.4, -0.2) is 32.2 Å². The molecule has 1 unspecified atom stereocenters. The van der Waals surface area contributed by atoms with E-state index in [1.807, 2.05) is 6.92 Å². The molecule has 0 bridgehead atoms. The standard InChI is InChI=1S/C17H26N2O3S/c1-12(14-9-18-10-14)16(20)19-15-7-5-13(6-8-15)11-23(21,22)17(2,3)4/h5-8,12,14,18H,9-11H2,1-4H3,(H,19,20). The highest BCUT2D eigenvalue weighted by Gasteiger charge is 2.30. The Kier molecular flexibility index (Phi) is 5.16. The minimum Gasteiger partial charge on any atom is -0.326 e. The lowest BCUT2D eigenvalue weighted by Crippen LogP contribution is -2.48. The van der Waals surface area contributed by atoms with Crippen molar-refractivity contribution in [3.8, 4) is 0 Å². The number of carbonyl (C=O) groups is 1. The fourth-order valence-corrected chi connectivity index (χ4v) is 3.32. The van der Waals surface area contributed by atoms with Crippen molar-refractivity contribution in [2.75, 3.05) is 18.4 Å². The normalized spacial score (nSPS) is 17.4. The third-order valence-corrected chi connectivity index (χ3v) is 7.02. The first-order valence-corrected chi connectivity index (χ1v) is 9.58. The van der Waals surface area contributed by atoms with Crippen LogP contribution < -0.4 is 10.6 Å². The minimum absolute atomic E-state index is 0.00608. The summed E-state index contributed by atoms with van der Waals surface area (Å²) < 4.78 is 23.7. The van der Waals surface area contributed by atoms with Gasteiger partial charge in [0.1, 0.15) is 0 Å². The molecule has 128 valence electrons. The van der Waals surface area contributed by atoms with Crippen molar-refractivity contribution < 1.29 is 13.2 Å². The largest absolute Gasteiger partial charge is 0.326 e. The van der Waals surface area contributed by atoms with Gasteiger partial charge in [-0.25, -0.2) is 8.42 Å². The average molecular weight is 338 g/mol. The molecule has 1 atom stereocenters. The van der Waals surface area contributed by atoms with Crippen LogP contribution in [0.1, 0.15) is 33.3 Å². The Morgan fingerprint density at radius 2 is 1.83 bits per heavy atom. The predicted molar refractivity (Wildman–Crippen MR) is 93.0 cm³/mol. The van der Waals surface area contributed by atoms with Gasteiger partial charge in [-0.2, -0.15) is 0 Å². The average Bonchev–Trinajstić information content (AvgIpc) is 2.37. The maximum atomic E-state index is 12.2. The third kappa shape index (κ3) is 4.32. The molecule has 1 heterocycles. The second-order valence-electron chi connectivity index (χ2n) is 7.26. The third-order valence-electron chi connectivity index (χ3n) is 4.44. The highest BCUT2D eigenvalue weighted by Crippen LogP contribution is 2.22. The number of rotatable bonds is 5. The van der Waals surface area contributed by atoms with Crippen molar-refractivity contribution in [1.82, 2.24) is 5.32 Å². The summed E-state index contributed by atoms with van der Waals surface area (Å²) in [6, 6.07) is 7.04. The molecule has 0 radical (unpaired) electrons. The van der Waals surface area contributed by atoms with Gasteiger partial charge in [-0.05, 0) is 57.5 Å². The van der Waals surface area contributed by atoms with Crippen molar-refractivity contribution in [2.24, 2.45) is 11.8 Å². The molecular weight excluding hydrogens is 312 g/mol. The molecular formula is C17H26N2O3S. The Morgan fingerprint density at radius 1 is 1.26 bits per heavy atom. The summed E-state index contributed by atoms with van der Waals surface area (Å²) in [5, 5.41) is 6.06. The van der Waals surface area contributed by atoms with E-state index in [1.165, 1.54) is 0 Å². The lowest BCUT2D eigenvalue weighted by molar-refractivity contribution is -0.121. The first-order chi connectivity index (χ1) is 10.6. The van der Waals surface area contributed by atoms with Gasteiger partial charge >= 0.3 is 0 Å². The van der Waals surface area contributed by atoms with E-state index in [2.05, 4.69) is 10.6 Å². The van der Waals surface area contributed by atoms with E-state index in [9.17, 15) is 13.2 Å².